The first-order valence-electron chi connectivity index (χ1n) is 18.5. The number of hydrogen-bond acceptors (Lipinski definition) is 7. The Balaban J connectivity index is 0.000000362. The average Bonchev–Trinajstić information content (AvgIpc) is 3.47. The van der Waals surface area contributed by atoms with Crippen molar-refractivity contribution in [1.29, 1.82) is 0 Å². The van der Waals surface area contributed by atoms with Crippen LogP contribution in [0.1, 0.15) is 138 Å². The molecule has 4 rings (SSSR count). The molecule has 0 saturated carbocycles. The van der Waals surface area contributed by atoms with E-state index >= 15 is 0 Å². The largest absolute Gasteiger partial charge is 0.478 e. The van der Waals surface area contributed by atoms with Crippen LogP contribution in [0.4, 0.5) is 13.2 Å². The van der Waals surface area contributed by atoms with Crippen LogP contribution in [-0.2, 0) is 12.8 Å². The van der Waals surface area contributed by atoms with Gasteiger partial charge in [-0.05, 0) is 55.9 Å². The van der Waals surface area contributed by atoms with E-state index in [1.807, 2.05) is 0 Å². The zero-order chi connectivity index (χ0) is 36.9. The lowest BCUT2D eigenvalue weighted by Gasteiger charge is -2.09. The molecule has 0 amide bonds. The Hall–Kier alpha value is -3.87. The molecule has 13 heteroatoms. The Kier molecular flexibility index (Phi) is 18.6. The number of alkyl halides is 3. The number of pyridine rings is 1. The molecule has 0 aliphatic heterocycles. The van der Waals surface area contributed by atoms with E-state index in [1.54, 1.807) is 18.5 Å². The average molecular weight is 730 g/mol. The van der Waals surface area contributed by atoms with E-state index in [9.17, 15) is 18.0 Å². The first-order chi connectivity index (χ1) is 24.6. The third-order valence-corrected chi connectivity index (χ3v) is 9.00. The summed E-state index contributed by atoms with van der Waals surface area (Å²) < 4.78 is 38.8. The monoisotopic (exact) mass is 729 g/mol. The fourth-order valence-corrected chi connectivity index (χ4v) is 6.03. The lowest BCUT2D eigenvalue weighted by Crippen LogP contribution is -2.14. The normalized spacial score (nSPS) is 11.4. The summed E-state index contributed by atoms with van der Waals surface area (Å²) in [5, 5.41) is 8.77. The molecule has 0 radical (unpaired) electrons. The predicted molar refractivity (Wildman–Crippen MR) is 200 cm³/mol. The van der Waals surface area contributed by atoms with E-state index in [-0.39, 0.29) is 16.6 Å². The summed E-state index contributed by atoms with van der Waals surface area (Å²) in [5.74, 6) is -0.407. The number of rotatable bonds is 22. The van der Waals surface area contributed by atoms with Gasteiger partial charge in [-0.3, -0.25) is 9.66 Å². The van der Waals surface area contributed by atoms with Crippen LogP contribution >= 0.6 is 12.2 Å². The van der Waals surface area contributed by atoms with Crippen LogP contribution in [0.5, 0.6) is 0 Å². The first-order valence-corrected chi connectivity index (χ1v) is 18.9. The third-order valence-electron chi connectivity index (χ3n) is 8.67. The molecular weight excluding hydrogens is 676 g/mol. The summed E-state index contributed by atoms with van der Waals surface area (Å²) in [6.45, 7) is 5.43. The molecule has 3 N–H and O–H groups in total. The van der Waals surface area contributed by atoms with Gasteiger partial charge < -0.3 is 15.5 Å². The van der Waals surface area contributed by atoms with Gasteiger partial charge in [0, 0.05) is 43.4 Å². The van der Waals surface area contributed by atoms with Crippen LogP contribution in [0.2, 0.25) is 0 Å². The molecule has 4 aromatic heterocycles. The quantitative estimate of drug-likeness (QED) is 0.0540. The number of hydrogen-bond donors (Lipinski definition) is 3. The van der Waals surface area contributed by atoms with Gasteiger partial charge in [0.25, 0.3) is 0 Å². The van der Waals surface area contributed by atoms with E-state index in [0.717, 1.165) is 68.2 Å². The second-order valence-electron chi connectivity index (χ2n) is 12.9. The van der Waals surface area contributed by atoms with Crippen LogP contribution in [0.15, 0.2) is 43.0 Å². The van der Waals surface area contributed by atoms with Crippen LogP contribution in [0.3, 0.4) is 0 Å². The molecule has 4 aromatic rings. The minimum Gasteiger partial charge on any atom is -0.478 e. The van der Waals surface area contributed by atoms with Gasteiger partial charge in [-0.2, -0.15) is 13.2 Å². The summed E-state index contributed by atoms with van der Waals surface area (Å²) in [5.41, 5.74) is 8.21. The molecule has 280 valence electrons. The number of halogens is 3. The number of H-pyrrole nitrogens is 1. The standard InChI is InChI=1S/C29H48F3N3.C9H6N4O2S/c1-3-5-6-7-8-12-15-18-23-33-35-24-25(4-2)28-27(35)21-20-26(34-28)19-16-13-10-9-11-14-17-22-29(30,31)32;14-9(15)5-4-12-7(13-8(5)16)6-10-2-1-3-11-6/h20-21,24,33H,3-19,22-23H2,1-2H3;1-4H,(H,14,15)(H,12,13,16). The third kappa shape index (κ3) is 15.5. The van der Waals surface area contributed by atoms with E-state index in [1.165, 1.54) is 63.1 Å². The summed E-state index contributed by atoms with van der Waals surface area (Å²) in [6, 6.07) is 6.01. The van der Waals surface area contributed by atoms with Crippen LogP contribution in [0, 0.1) is 4.64 Å². The van der Waals surface area contributed by atoms with E-state index in [4.69, 9.17) is 22.3 Å². The van der Waals surface area contributed by atoms with Crippen molar-refractivity contribution in [3.05, 3.63) is 64.4 Å². The van der Waals surface area contributed by atoms with E-state index < -0.39 is 18.6 Å². The van der Waals surface area contributed by atoms with Gasteiger partial charge in [-0.25, -0.2) is 19.7 Å². The SMILES string of the molecule is CCCCCCCCCCNn1cc(CC)c2nc(CCCCCCCCCC(F)(F)F)ccc21.O=C(O)c1cnc(-c2ncccn2)[nH]c1=S. The molecule has 0 atom stereocenters. The topological polar surface area (TPSA) is 122 Å². The minimum atomic E-state index is -4.00. The molecule has 0 fully saturated rings. The number of aromatic nitrogens is 6. The highest BCUT2D eigenvalue weighted by Crippen LogP contribution is 2.24. The fourth-order valence-electron chi connectivity index (χ4n) is 5.79. The van der Waals surface area contributed by atoms with Crippen molar-refractivity contribution >= 4 is 29.2 Å². The van der Waals surface area contributed by atoms with Crippen molar-refractivity contribution < 1.29 is 23.1 Å². The fraction of sp³-hybridized carbons (Fsp3) is 0.579. The van der Waals surface area contributed by atoms with Crippen molar-refractivity contribution in [2.45, 2.75) is 136 Å². The molecule has 51 heavy (non-hydrogen) atoms. The molecule has 9 nitrogen and oxygen atoms in total. The molecule has 4 heterocycles. The summed E-state index contributed by atoms with van der Waals surface area (Å²) in [7, 11) is 0. The van der Waals surface area contributed by atoms with Crippen molar-refractivity contribution in [2.24, 2.45) is 0 Å². The van der Waals surface area contributed by atoms with Crippen LogP contribution in [0.25, 0.3) is 22.7 Å². The zero-order valence-corrected chi connectivity index (χ0v) is 30.9. The summed E-state index contributed by atoms with van der Waals surface area (Å²) in [6.07, 6.45) is 20.6. The molecular formula is C38H54F3N7O2S. The number of carboxylic acid groups (broad SMARTS) is 1. The number of unbranched alkanes of at least 4 members (excludes halogenated alkanes) is 13. The number of carbonyl (C=O) groups is 1. The molecule has 0 aliphatic carbocycles. The van der Waals surface area contributed by atoms with E-state index in [0.29, 0.717) is 18.1 Å². The number of fused-ring (bicyclic) bond motifs is 1. The second-order valence-corrected chi connectivity index (χ2v) is 13.3. The molecule has 0 aromatic carbocycles. The van der Waals surface area contributed by atoms with Crippen LogP contribution < -0.4 is 5.43 Å². The maximum atomic E-state index is 12.2. The van der Waals surface area contributed by atoms with Crippen molar-refractivity contribution in [3.63, 3.8) is 0 Å². The summed E-state index contributed by atoms with van der Waals surface area (Å²) >= 11 is 4.88. The zero-order valence-electron chi connectivity index (χ0n) is 30.1. The highest BCUT2D eigenvalue weighted by molar-refractivity contribution is 7.71. The first kappa shape index (κ1) is 41.5. The Morgan fingerprint density at radius 2 is 1.51 bits per heavy atom. The van der Waals surface area contributed by atoms with Crippen molar-refractivity contribution in [2.75, 3.05) is 12.0 Å². The Morgan fingerprint density at radius 3 is 2.12 bits per heavy atom. The van der Waals surface area contributed by atoms with Crippen molar-refractivity contribution in [3.8, 4) is 11.6 Å². The van der Waals surface area contributed by atoms with Gasteiger partial charge in [0.1, 0.15) is 10.2 Å². The van der Waals surface area contributed by atoms with Crippen LogP contribution in [-0.4, -0.2) is 53.4 Å². The predicted octanol–water partition coefficient (Wildman–Crippen LogP) is 10.8. The van der Waals surface area contributed by atoms with Gasteiger partial charge in [0.2, 0.25) is 0 Å². The van der Waals surface area contributed by atoms with Crippen molar-refractivity contribution in [1.82, 2.24) is 29.6 Å². The lowest BCUT2D eigenvalue weighted by molar-refractivity contribution is -0.135. The van der Waals surface area contributed by atoms with Gasteiger partial charge in [0.05, 0.1) is 11.0 Å². The Labute approximate surface area is 304 Å². The molecule has 0 bridgehead atoms. The van der Waals surface area contributed by atoms with Gasteiger partial charge in [-0.1, -0.05) is 103 Å². The lowest BCUT2D eigenvalue weighted by atomic mass is 10.1. The number of aryl methyl sites for hydroxylation is 2. The smallest absolute Gasteiger partial charge is 0.389 e. The molecule has 0 aliphatic rings. The maximum absolute atomic E-state index is 12.2. The molecule has 0 spiro atoms. The number of nitrogens with zero attached hydrogens (tertiary/aromatic N) is 5. The maximum Gasteiger partial charge on any atom is 0.389 e. The molecule has 0 unspecified atom stereocenters. The van der Waals surface area contributed by atoms with Gasteiger partial charge >= 0.3 is 12.1 Å². The second kappa shape index (κ2) is 22.8. The Morgan fingerprint density at radius 1 is 0.882 bits per heavy atom. The Bertz CT molecular complexity index is 1640. The number of aromatic amines is 1. The summed E-state index contributed by atoms with van der Waals surface area (Å²) in [4.78, 5) is 30.2. The minimum absolute atomic E-state index is 0.0466. The number of aromatic carboxylic acids is 1. The molecule has 0 saturated heterocycles. The van der Waals surface area contributed by atoms with Gasteiger partial charge in [0.15, 0.2) is 11.6 Å². The number of carboxylic acids is 1. The number of nitrogens with one attached hydrogen (secondary N) is 2. The van der Waals surface area contributed by atoms with Gasteiger partial charge in [-0.15, -0.1) is 0 Å². The highest BCUT2D eigenvalue weighted by atomic mass is 32.1. The van der Waals surface area contributed by atoms with E-state index in [2.05, 4.69) is 62.2 Å². The highest BCUT2D eigenvalue weighted by Gasteiger charge is 2.25.